The SMILES string of the molecule is CC1COC2(CCN(C(=O)Cc3cccnc3)C2)C1. The number of likely N-dealkylation sites (tertiary alicyclic amines) is 1. The summed E-state index contributed by atoms with van der Waals surface area (Å²) in [6.07, 6.45) is 6.00. The summed E-state index contributed by atoms with van der Waals surface area (Å²) in [5.74, 6) is 0.807. The number of amides is 1. The van der Waals surface area contributed by atoms with Gasteiger partial charge in [-0.1, -0.05) is 13.0 Å². The molecular weight excluding hydrogens is 240 g/mol. The third-order valence-electron chi connectivity index (χ3n) is 4.14. The molecule has 1 spiro atoms. The maximum absolute atomic E-state index is 12.3. The van der Waals surface area contributed by atoms with Crippen LogP contribution in [0.3, 0.4) is 0 Å². The summed E-state index contributed by atoms with van der Waals surface area (Å²) in [5, 5.41) is 0. The lowest BCUT2D eigenvalue weighted by Crippen LogP contribution is -2.36. The van der Waals surface area contributed by atoms with E-state index in [1.54, 1.807) is 12.4 Å². The van der Waals surface area contributed by atoms with Gasteiger partial charge in [-0.2, -0.15) is 0 Å². The predicted octanol–water partition coefficient (Wildman–Crippen LogP) is 1.65. The number of hydrogen-bond donors (Lipinski definition) is 0. The molecule has 0 N–H and O–H groups in total. The number of aromatic nitrogens is 1. The van der Waals surface area contributed by atoms with Gasteiger partial charge in [-0.05, 0) is 30.4 Å². The Labute approximate surface area is 113 Å². The maximum atomic E-state index is 12.3. The molecule has 2 atom stereocenters. The Bertz CT molecular complexity index is 462. The minimum absolute atomic E-state index is 0.0516. The summed E-state index contributed by atoms with van der Waals surface area (Å²) in [5.41, 5.74) is 0.929. The fourth-order valence-electron chi connectivity index (χ4n) is 3.20. The van der Waals surface area contributed by atoms with Gasteiger partial charge >= 0.3 is 0 Å². The summed E-state index contributed by atoms with van der Waals surface area (Å²) in [7, 11) is 0. The molecule has 1 aromatic rings. The first kappa shape index (κ1) is 12.6. The van der Waals surface area contributed by atoms with Crippen LogP contribution in [0.1, 0.15) is 25.3 Å². The van der Waals surface area contributed by atoms with Crippen molar-refractivity contribution in [3.8, 4) is 0 Å². The highest BCUT2D eigenvalue weighted by molar-refractivity contribution is 5.79. The van der Waals surface area contributed by atoms with Gasteiger partial charge in [0.2, 0.25) is 5.91 Å². The molecule has 0 bridgehead atoms. The lowest BCUT2D eigenvalue weighted by atomic mass is 9.94. The average molecular weight is 260 g/mol. The van der Waals surface area contributed by atoms with Gasteiger partial charge < -0.3 is 9.64 Å². The second-order valence-electron chi connectivity index (χ2n) is 5.91. The van der Waals surface area contributed by atoms with Crippen LogP contribution >= 0.6 is 0 Å². The smallest absolute Gasteiger partial charge is 0.227 e. The minimum atomic E-state index is -0.0516. The van der Waals surface area contributed by atoms with Gasteiger partial charge in [-0.15, -0.1) is 0 Å². The van der Waals surface area contributed by atoms with Crippen molar-refractivity contribution in [2.24, 2.45) is 5.92 Å². The van der Waals surface area contributed by atoms with Gasteiger partial charge in [0.05, 0.1) is 18.6 Å². The summed E-state index contributed by atoms with van der Waals surface area (Å²) in [6.45, 7) is 4.64. The highest BCUT2D eigenvalue weighted by Gasteiger charge is 2.45. The molecule has 19 heavy (non-hydrogen) atoms. The number of carbonyl (C=O) groups excluding carboxylic acids is 1. The predicted molar refractivity (Wildman–Crippen MR) is 71.6 cm³/mol. The van der Waals surface area contributed by atoms with Crippen LogP contribution in [0, 0.1) is 5.92 Å². The van der Waals surface area contributed by atoms with E-state index < -0.39 is 0 Å². The molecule has 3 rings (SSSR count). The molecule has 2 unspecified atom stereocenters. The molecule has 2 saturated heterocycles. The number of pyridine rings is 1. The van der Waals surface area contributed by atoms with E-state index in [0.29, 0.717) is 12.3 Å². The Hall–Kier alpha value is -1.42. The molecule has 2 fully saturated rings. The molecular formula is C15H20N2O2. The van der Waals surface area contributed by atoms with Crippen molar-refractivity contribution in [3.63, 3.8) is 0 Å². The van der Waals surface area contributed by atoms with Crippen molar-refractivity contribution in [1.29, 1.82) is 0 Å². The van der Waals surface area contributed by atoms with Crippen LogP contribution in [0.25, 0.3) is 0 Å². The lowest BCUT2D eigenvalue weighted by molar-refractivity contribution is -0.130. The third kappa shape index (κ3) is 2.63. The number of rotatable bonds is 2. The molecule has 0 radical (unpaired) electrons. The Balaban J connectivity index is 1.60. The molecule has 1 amide bonds. The quantitative estimate of drug-likeness (QED) is 0.812. The molecule has 3 heterocycles. The van der Waals surface area contributed by atoms with Crippen molar-refractivity contribution in [3.05, 3.63) is 30.1 Å². The topological polar surface area (TPSA) is 42.4 Å². The molecule has 2 aliphatic rings. The van der Waals surface area contributed by atoms with Gasteiger partial charge in [-0.25, -0.2) is 0 Å². The standard InChI is InChI=1S/C15H20N2O2/c1-12-8-15(19-10-12)4-6-17(11-15)14(18)7-13-3-2-5-16-9-13/h2-3,5,9,12H,4,6-8,10-11H2,1H3. The van der Waals surface area contributed by atoms with Crippen LogP contribution in [0.15, 0.2) is 24.5 Å². The van der Waals surface area contributed by atoms with Gasteiger partial charge in [0.25, 0.3) is 0 Å². The van der Waals surface area contributed by atoms with E-state index in [-0.39, 0.29) is 11.5 Å². The lowest BCUT2D eigenvalue weighted by Gasteiger charge is -2.23. The molecule has 2 aliphatic heterocycles. The molecule has 0 aliphatic carbocycles. The molecule has 0 aromatic carbocycles. The van der Waals surface area contributed by atoms with Crippen LogP contribution in [-0.2, 0) is 16.0 Å². The maximum Gasteiger partial charge on any atom is 0.227 e. The molecule has 4 nitrogen and oxygen atoms in total. The van der Waals surface area contributed by atoms with Crippen molar-refractivity contribution in [2.75, 3.05) is 19.7 Å². The second-order valence-corrected chi connectivity index (χ2v) is 5.91. The van der Waals surface area contributed by atoms with Crippen molar-refractivity contribution >= 4 is 5.91 Å². The zero-order valence-corrected chi connectivity index (χ0v) is 11.3. The zero-order valence-electron chi connectivity index (χ0n) is 11.3. The number of ether oxygens (including phenoxy) is 1. The van der Waals surface area contributed by atoms with Gasteiger partial charge in [-0.3, -0.25) is 9.78 Å². The molecule has 4 heteroatoms. The van der Waals surface area contributed by atoms with Crippen molar-refractivity contribution in [2.45, 2.75) is 31.8 Å². The Morgan fingerprint density at radius 3 is 3.21 bits per heavy atom. The first-order chi connectivity index (χ1) is 9.17. The summed E-state index contributed by atoms with van der Waals surface area (Å²) < 4.78 is 5.94. The third-order valence-corrected chi connectivity index (χ3v) is 4.14. The Morgan fingerprint density at radius 1 is 1.63 bits per heavy atom. The van der Waals surface area contributed by atoms with E-state index in [2.05, 4.69) is 11.9 Å². The van der Waals surface area contributed by atoms with Crippen LogP contribution in [0.4, 0.5) is 0 Å². The fourth-order valence-corrected chi connectivity index (χ4v) is 3.20. The van der Waals surface area contributed by atoms with E-state index in [0.717, 1.165) is 38.1 Å². The van der Waals surface area contributed by atoms with Gasteiger partial charge in [0, 0.05) is 25.5 Å². The summed E-state index contributed by atoms with van der Waals surface area (Å²) >= 11 is 0. The first-order valence-electron chi connectivity index (χ1n) is 6.98. The highest BCUT2D eigenvalue weighted by atomic mass is 16.5. The molecule has 1 aromatic heterocycles. The van der Waals surface area contributed by atoms with E-state index in [9.17, 15) is 4.79 Å². The van der Waals surface area contributed by atoms with E-state index >= 15 is 0 Å². The highest BCUT2D eigenvalue weighted by Crippen LogP contribution is 2.37. The molecule has 102 valence electrons. The fraction of sp³-hybridized carbons (Fsp3) is 0.600. The Morgan fingerprint density at radius 2 is 2.53 bits per heavy atom. The summed E-state index contributed by atoms with van der Waals surface area (Å²) in [6, 6.07) is 3.82. The van der Waals surface area contributed by atoms with Gasteiger partial charge in [0.15, 0.2) is 0 Å². The zero-order chi connectivity index (χ0) is 13.3. The Kier molecular flexibility index (Phi) is 3.27. The summed E-state index contributed by atoms with van der Waals surface area (Å²) in [4.78, 5) is 18.3. The number of hydrogen-bond acceptors (Lipinski definition) is 3. The number of nitrogens with zero attached hydrogens (tertiary/aromatic N) is 2. The van der Waals surface area contributed by atoms with Crippen LogP contribution in [-0.4, -0.2) is 41.1 Å². The van der Waals surface area contributed by atoms with E-state index in [4.69, 9.17) is 4.74 Å². The van der Waals surface area contributed by atoms with Gasteiger partial charge in [0.1, 0.15) is 0 Å². The normalized spacial score (nSPS) is 30.2. The van der Waals surface area contributed by atoms with Crippen molar-refractivity contribution in [1.82, 2.24) is 9.88 Å². The van der Waals surface area contributed by atoms with E-state index in [1.807, 2.05) is 17.0 Å². The molecule has 0 saturated carbocycles. The van der Waals surface area contributed by atoms with Crippen LogP contribution in [0.2, 0.25) is 0 Å². The first-order valence-corrected chi connectivity index (χ1v) is 6.98. The number of carbonyl (C=O) groups is 1. The second kappa shape index (κ2) is 4.93. The van der Waals surface area contributed by atoms with Crippen molar-refractivity contribution < 1.29 is 9.53 Å². The van der Waals surface area contributed by atoms with Crippen LogP contribution < -0.4 is 0 Å². The monoisotopic (exact) mass is 260 g/mol. The largest absolute Gasteiger partial charge is 0.373 e. The van der Waals surface area contributed by atoms with Crippen LogP contribution in [0.5, 0.6) is 0 Å². The average Bonchev–Trinajstić information content (AvgIpc) is 2.98. The minimum Gasteiger partial charge on any atom is -0.373 e. The van der Waals surface area contributed by atoms with E-state index in [1.165, 1.54) is 0 Å².